The van der Waals surface area contributed by atoms with Crippen molar-refractivity contribution < 1.29 is 23.2 Å². The number of halogens is 3. The zero-order valence-electron chi connectivity index (χ0n) is 22.5. The molecule has 1 aromatic carbocycles. The number of hydrogen-bond donors (Lipinski definition) is 1. The molecule has 2 aromatic rings. The van der Waals surface area contributed by atoms with Gasteiger partial charge in [0.05, 0.1) is 22.5 Å². The number of carbonyl (C=O) groups excluding carboxylic acids is 1. The number of aromatic nitrogens is 2. The average Bonchev–Trinajstić information content (AvgIpc) is 3.11. The second-order valence-corrected chi connectivity index (χ2v) is 11.2. The summed E-state index contributed by atoms with van der Waals surface area (Å²) in [7, 11) is 0. The highest BCUT2D eigenvalue weighted by molar-refractivity contribution is 5.96. The summed E-state index contributed by atoms with van der Waals surface area (Å²) < 4.78 is 39.1. The van der Waals surface area contributed by atoms with Crippen LogP contribution in [0.3, 0.4) is 0 Å². The van der Waals surface area contributed by atoms with E-state index in [1.54, 1.807) is 26.0 Å². The van der Waals surface area contributed by atoms with E-state index in [2.05, 4.69) is 30.8 Å². The van der Waals surface area contributed by atoms with Crippen LogP contribution in [0.1, 0.15) is 85.2 Å². The molecule has 0 bridgehead atoms. The van der Waals surface area contributed by atoms with E-state index < -0.39 is 11.7 Å². The minimum Gasteiger partial charge on any atom is -0.411 e. The van der Waals surface area contributed by atoms with E-state index in [4.69, 9.17) is 0 Å². The molecule has 2 fully saturated rings. The second kappa shape index (κ2) is 10.3. The van der Waals surface area contributed by atoms with Crippen LogP contribution in [0.15, 0.2) is 24.3 Å². The van der Waals surface area contributed by atoms with Gasteiger partial charge in [-0.25, -0.2) is 0 Å². The van der Waals surface area contributed by atoms with E-state index in [1.165, 1.54) is 12.1 Å². The number of carbonyl (C=O) groups is 1. The number of aryl methyl sites for hydroxylation is 1. The van der Waals surface area contributed by atoms with Gasteiger partial charge in [0.25, 0.3) is 5.91 Å². The lowest BCUT2D eigenvalue weighted by Gasteiger charge is -2.51. The number of likely N-dealkylation sites (tertiary alicyclic amines) is 2. The van der Waals surface area contributed by atoms with Crippen LogP contribution < -0.4 is 0 Å². The molecule has 4 rings (SSSR count). The Morgan fingerprint density at radius 2 is 1.78 bits per heavy atom. The Morgan fingerprint density at radius 1 is 1.16 bits per heavy atom. The molecule has 0 spiro atoms. The second-order valence-electron chi connectivity index (χ2n) is 11.2. The predicted octanol–water partition coefficient (Wildman–Crippen LogP) is 5.90. The summed E-state index contributed by atoms with van der Waals surface area (Å²) in [6.45, 7) is 13.3. The molecule has 9 heteroatoms. The van der Waals surface area contributed by atoms with Crippen molar-refractivity contribution in [3.63, 3.8) is 0 Å². The van der Waals surface area contributed by atoms with Crippen LogP contribution in [0.2, 0.25) is 0 Å². The quantitative estimate of drug-likeness (QED) is 0.499. The van der Waals surface area contributed by atoms with Gasteiger partial charge in [-0.05, 0) is 88.4 Å². The Kier molecular flexibility index (Phi) is 7.66. The molecule has 2 saturated heterocycles. The summed E-state index contributed by atoms with van der Waals surface area (Å²) in [4.78, 5) is 18.4. The lowest BCUT2D eigenvalue weighted by Crippen LogP contribution is -2.58. The van der Waals surface area contributed by atoms with Gasteiger partial charge in [-0.3, -0.25) is 9.69 Å². The molecule has 0 radical (unpaired) electrons. The molecule has 3 unspecified atom stereocenters. The summed E-state index contributed by atoms with van der Waals surface area (Å²) in [5.74, 6) is 1.000. The fourth-order valence-corrected chi connectivity index (χ4v) is 6.56. The Balaban J connectivity index is 1.38. The Morgan fingerprint density at radius 3 is 2.27 bits per heavy atom. The first-order valence-corrected chi connectivity index (χ1v) is 13.3. The maximum atomic E-state index is 13.1. The largest absolute Gasteiger partial charge is 0.416 e. The molecule has 3 atom stereocenters. The number of benzene rings is 1. The maximum Gasteiger partial charge on any atom is 0.416 e. The van der Waals surface area contributed by atoms with Crippen molar-refractivity contribution in [3.05, 3.63) is 52.3 Å². The van der Waals surface area contributed by atoms with Gasteiger partial charge in [0, 0.05) is 25.2 Å². The van der Waals surface area contributed by atoms with Crippen LogP contribution >= 0.6 is 0 Å². The van der Waals surface area contributed by atoms with Crippen LogP contribution in [-0.4, -0.2) is 62.6 Å². The summed E-state index contributed by atoms with van der Waals surface area (Å²) in [5, 5.41) is 13.8. The molecule has 2 aliphatic heterocycles. The highest BCUT2D eigenvalue weighted by atomic mass is 19.4. The zero-order chi connectivity index (χ0) is 27.1. The number of rotatable bonds is 5. The van der Waals surface area contributed by atoms with Crippen molar-refractivity contribution >= 4 is 5.91 Å². The Hall–Kier alpha value is -2.55. The number of hydrogen-bond acceptors (Lipinski definition) is 4. The van der Waals surface area contributed by atoms with Crippen molar-refractivity contribution in [2.24, 2.45) is 11.8 Å². The van der Waals surface area contributed by atoms with Gasteiger partial charge < -0.3 is 10.1 Å². The van der Waals surface area contributed by atoms with E-state index in [0.717, 1.165) is 49.2 Å². The molecule has 1 N–H and O–H groups in total. The van der Waals surface area contributed by atoms with Crippen molar-refractivity contribution in [2.45, 2.75) is 77.9 Å². The van der Waals surface area contributed by atoms with Crippen molar-refractivity contribution in [2.75, 3.05) is 26.2 Å². The zero-order valence-corrected chi connectivity index (χ0v) is 22.5. The number of nitrogens with zero attached hydrogens (tertiary/aromatic N) is 4. The van der Waals surface area contributed by atoms with Crippen LogP contribution in [0.25, 0.3) is 0 Å². The summed E-state index contributed by atoms with van der Waals surface area (Å²) in [6.07, 6.45) is -0.660. The number of piperidine rings is 2. The highest BCUT2D eigenvalue weighted by Crippen LogP contribution is 2.42. The van der Waals surface area contributed by atoms with Gasteiger partial charge in [-0.1, -0.05) is 26.0 Å². The Labute approximate surface area is 217 Å². The fraction of sp³-hybridized carbons (Fsp3) is 0.643. The minimum atomic E-state index is -4.31. The summed E-state index contributed by atoms with van der Waals surface area (Å²) in [6, 6.07) is 5.74. The number of amides is 1. The van der Waals surface area contributed by atoms with E-state index in [-0.39, 0.29) is 17.4 Å². The minimum absolute atomic E-state index is 0.00265. The molecule has 2 aliphatic rings. The maximum absolute atomic E-state index is 13.1. The first-order chi connectivity index (χ1) is 17.4. The van der Waals surface area contributed by atoms with Crippen LogP contribution in [0.4, 0.5) is 13.2 Å². The molecule has 6 nitrogen and oxygen atoms in total. The predicted molar refractivity (Wildman–Crippen MR) is 136 cm³/mol. The molecule has 204 valence electrons. The van der Waals surface area contributed by atoms with Gasteiger partial charge in [-0.15, -0.1) is 9.94 Å². The van der Waals surface area contributed by atoms with Crippen molar-refractivity contribution in [3.8, 4) is 0 Å². The van der Waals surface area contributed by atoms with Gasteiger partial charge in [0.1, 0.15) is 0 Å². The third-order valence-corrected chi connectivity index (χ3v) is 8.97. The molecule has 1 amide bonds. The lowest BCUT2D eigenvalue weighted by atomic mass is 9.72. The lowest BCUT2D eigenvalue weighted by molar-refractivity contribution is -0.137. The topological polar surface area (TPSA) is 61.6 Å². The van der Waals surface area contributed by atoms with Crippen LogP contribution in [0.5, 0.6) is 0 Å². The standard InChI is InChI=1S/C28H39F3N4O2/c1-6-23(21-7-9-22(10-8-21)28(29,30)31)24-11-14-34(17-18(24)2)27(5)12-15-33(16-13-27)26(36)25-19(3)32-35(37)20(25)4/h7-10,18,23-24,37H,6,11-17H2,1-5H3. The first kappa shape index (κ1) is 27.5. The van der Waals surface area contributed by atoms with E-state index in [1.807, 2.05) is 4.90 Å². The van der Waals surface area contributed by atoms with Gasteiger partial charge in [-0.2, -0.15) is 13.2 Å². The number of alkyl halides is 3. The summed E-state index contributed by atoms with van der Waals surface area (Å²) in [5.41, 5.74) is 1.88. The van der Waals surface area contributed by atoms with Gasteiger partial charge in [0.2, 0.25) is 0 Å². The Bertz CT molecular complexity index is 1100. The van der Waals surface area contributed by atoms with Gasteiger partial charge >= 0.3 is 6.18 Å². The van der Waals surface area contributed by atoms with Crippen LogP contribution in [0, 0.1) is 25.7 Å². The van der Waals surface area contributed by atoms with E-state index >= 15 is 0 Å². The van der Waals surface area contributed by atoms with Crippen LogP contribution in [-0.2, 0) is 6.18 Å². The third kappa shape index (κ3) is 5.38. The van der Waals surface area contributed by atoms with E-state index in [0.29, 0.717) is 41.9 Å². The SMILES string of the molecule is CCC(c1ccc(C(F)(F)F)cc1)C1CCN(C2(C)CCN(C(=O)c3c(C)nn(O)c3C)CC2)CC1C. The molecule has 0 saturated carbocycles. The molecule has 3 heterocycles. The molecular weight excluding hydrogens is 481 g/mol. The van der Waals surface area contributed by atoms with Crippen molar-refractivity contribution in [1.82, 2.24) is 19.7 Å². The molecule has 1 aromatic heterocycles. The molecule has 0 aliphatic carbocycles. The highest BCUT2D eigenvalue weighted by Gasteiger charge is 2.42. The van der Waals surface area contributed by atoms with Crippen molar-refractivity contribution in [1.29, 1.82) is 0 Å². The van der Waals surface area contributed by atoms with Gasteiger partial charge in [0.15, 0.2) is 0 Å². The normalized spacial score (nSPS) is 23.7. The smallest absolute Gasteiger partial charge is 0.411 e. The summed E-state index contributed by atoms with van der Waals surface area (Å²) >= 11 is 0. The third-order valence-electron chi connectivity index (χ3n) is 8.97. The van der Waals surface area contributed by atoms with E-state index in [9.17, 15) is 23.2 Å². The fourth-order valence-electron chi connectivity index (χ4n) is 6.56. The molecule has 37 heavy (non-hydrogen) atoms. The average molecular weight is 521 g/mol. The first-order valence-electron chi connectivity index (χ1n) is 13.3. The molecular formula is C28H39F3N4O2. The monoisotopic (exact) mass is 520 g/mol.